The van der Waals surface area contributed by atoms with Crippen LogP contribution in [0, 0.1) is 13.8 Å². The molecule has 0 aliphatic rings. The molecule has 20 heavy (non-hydrogen) atoms. The molecule has 2 heteroatoms. The standard InChI is InChI=1S/C18H22BrN/c1-13(16-7-5-4-6-8-16)9-10-20-18-14(2)11-17(19)12-15(18)3/h4-8,11-13,20H,9-10H2,1-3H3. The van der Waals surface area contributed by atoms with E-state index in [9.17, 15) is 0 Å². The fourth-order valence-electron chi connectivity index (χ4n) is 2.55. The van der Waals surface area contributed by atoms with Gasteiger partial charge in [-0.2, -0.15) is 0 Å². The number of anilines is 1. The predicted octanol–water partition coefficient (Wildman–Crippen LogP) is 5.67. The van der Waals surface area contributed by atoms with Crippen LogP contribution < -0.4 is 5.32 Å². The maximum Gasteiger partial charge on any atom is 0.0400 e. The van der Waals surface area contributed by atoms with Gasteiger partial charge in [0.25, 0.3) is 0 Å². The summed E-state index contributed by atoms with van der Waals surface area (Å²) in [7, 11) is 0. The van der Waals surface area contributed by atoms with Crippen molar-refractivity contribution in [2.45, 2.75) is 33.1 Å². The first-order valence-electron chi connectivity index (χ1n) is 7.13. The van der Waals surface area contributed by atoms with Crippen LogP contribution in [-0.4, -0.2) is 6.54 Å². The van der Waals surface area contributed by atoms with Gasteiger partial charge in [-0.3, -0.25) is 0 Å². The van der Waals surface area contributed by atoms with Crippen molar-refractivity contribution in [3.8, 4) is 0 Å². The van der Waals surface area contributed by atoms with Crippen molar-refractivity contribution in [3.05, 3.63) is 63.6 Å². The molecule has 2 rings (SSSR count). The number of nitrogens with one attached hydrogen (secondary N) is 1. The molecule has 0 radical (unpaired) electrons. The minimum Gasteiger partial charge on any atom is -0.385 e. The second-order valence-corrected chi connectivity index (χ2v) is 6.36. The van der Waals surface area contributed by atoms with Crippen LogP contribution >= 0.6 is 15.9 Å². The molecule has 0 aromatic heterocycles. The molecule has 0 saturated carbocycles. The third kappa shape index (κ3) is 3.86. The molecule has 0 aliphatic carbocycles. The van der Waals surface area contributed by atoms with E-state index in [1.807, 2.05) is 0 Å². The lowest BCUT2D eigenvalue weighted by Crippen LogP contribution is -2.08. The molecule has 0 amide bonds. The van der Waals surface area contributed by atoms with Crippen LogP contribution in [0.3, 0.4) is 0 Å². The summed E-state index contributed by atoms with van der Waals surface area (Å²) in [5.41, 5.74) is 5.28. The third-order valence-electron chi connectivity index (χ3n) is 3.75. The summed E-state index contributed by atoms with van der Waals surface area (Å²) in [5.74, 6) is 0.583. The van der Waals surface area contributed by atoms with E-state index >= 15 is 0 Å². The van der Waals surface area contributed by atoms with Crippen molar-refractivity contribution in [1.82, 2.24) is 0 Å². The zero-order valence-corrected chi connectivity index (χ0v) is 14.0. The third-order valence-corrected chi connectivity index (χ3v) is 4.20. The number of rotatable bonds is 5. The van der Waals surface area contributed by atoms with E-state index < -0.39 is 0 Å². The molecule has 1 nitrogen and oxygen atoms in total. The van der Waals surface area contributed by atoms with Crippen molar-refractivity contribution >= 4 is 21.6 Å². The normalized spacial score (nSPS) is 12.2. The van der Waals surface area contributed by atoms with Gasteiger partial charge in [0, 0.05) is 16.7 Å². The Bertz CT molecular complexity index is 540. The van der Waals surface area contributed by atoms with Crippen molar-refractivity contribution in [2.24, 2.45) is 0 Å². The fraction of sp³-hybridized carbons (Fsp3) is 0.333. The molecular formula is C18H22BrN. The van der Waals surface area contributed by atoms with Crippen LogP contribution in [0.25, 0.3) is 0 Å². The van der Waals surface area contributed by atoms with Crippen molar-refractivity contribution < 1.29 is 0 Å². The predicted molar refractivity (Wildman–Crippen MR) is 91.6 cm³/mol. The number of hydrogen-bond donors (Lipinski definition) is 1. The maximum absolute atomic E-state index is 3.59. The highest BCUT2D eigenvalue weighted by molar-refractivity contribution is 9.10. The molecule has 2 aromatic rings. The first kappa shape index (κ1) is 15.1. The molecule has 0 aliphatic heterocycles. The zero-order chi connectivity index (χ0) is 14.5. The minimum absolute atomic E-state index is 0.583. The maximum atomic E-state index is 3.59. The van der Waals surface area contributed by atoms with E-state index in [0.717, 1.165) is 17.4 Å². The molecule has 106 valence electrons. The van der Waals surface area contributed by atoms with Gasteiger partial charge in [-0.15, -0.1) is 0 Å². The first-order valence-corrected chi connectivity index (χ1v) is 7.93. The molecule has 1 atom stereocenters. The summed E-state index contributed by atoms with van der Waals surface area (Å²) >= 11 is 3.54. The summed E-state index contributed by atoms with van der Waals surface area (Å²) < 4.78 is 1.15. The second-order valence-electron chi connectivity index (χ2n) is 5.44. The van der Waals surface area contributed by atoms with Crippen LogP contribution in [-0.2, 0) is 0 Å². The van der Waals surface area contributed by atoms with E-state index in [1.54, 1.807) is 0 Å². The van der Waals surface area contributed by atoms with Gasteiger partial charge in [0.1, 0.15) is 0 Å². The van der Waals surface area contributed by atoms with Gasteiger partial charge in [-0.05, 0) is 55.0 Å². The Labute approximate surface area is 130 Å². The lowest BCUT2D eigenvalue weighted by molar-refractivity contribution is 0.705. The molecule has 0 saturated heterocycles. The van der Waals surface area contributed by atoms with Gasteiger partial charge in [-0.1, -0.05) is 53.2 Å². The van der Waals surface area contributed by atoms with E-state index in [4.69, 9.17) is 0 Å². The summed E-state index contributed by atoms with van der Waals surface area (Å²) in [6.07, 6.45) is 1.14. The van der Waals surface area contributed by atoms with E-state index in [2.05, 4.69) is 84.5 Å². The highest BCUT2D eigenvalue weighted by atomic mass is 79.9. The number of benzene rings is 2. The number of halogens is 1. The molecule has 1 N–H and O–H groups in total. The molecule has 0 fully saturated rings. The molecule has 0 bridgehead atoms. The summed E-state index contributed by atoms with van der Waals surface area (Å²) in [4.78, 5) is 0. The summed E-state index contributed by atoms with van der Waals surface area (Å²) in [6, 6.07) is 15.0. The van der Waals surface area contributed by atoms with Crippen LogP contribution in [0.15, 0.2) is 46.9 Å². The van der Waals surface area contributed by atoms with Crippen molar-refractivity contribution in [1.29, 1.82) is 0 Å². The molecule has 2 aromatic carbocycles. The lowest BCUT2D eigenvalue weighted by atomic mass is 9.98. The Morgan fingerprint density at radius 3 is 2.25 bits per heavy atom. The quantitative estimate of drug-likeness (QED) is 0.744. The van der Waals surface area contributed by atoms with Gasteiger partial charge >= 0.3 is 0 Å². The fourth-order valence-corrected chi connectivity index (χ4v) is 3.24. The van der Waals surface area contributed by atoms with Crippen LogP contribution in [0.5, 0.6) is 0 Å². The smallest absolute Gasteiger partial charge is 0.0400 e. The first-order chi connectivity index (χ1) is 9.58. The highest BCUT2D eigenvalue weighted by Gasteiger charge is 2.07. The molecule has 1 unspecified atom stereocenters. The Morgan fingerprint density at radius 2 is 1.65 bits per heavy atom. The zero-order valence-electron chi connectivity index (χ0n) is 12.4. The molecule has 0 heterocycles. The number of hydrogen-bond acceptors (Lipinski definition) is 1. The van der Waals surface area contributed by atoms with Gasteiger partial charge in [0.05, 0.1) is 0 Å². The highest BCUT2D eigenvalue weighted by Crippen LogP contribution is 2.26. The number of aryl methyl sites for hydroxylation is 2. The van der Waals surface area contributed by atoms with Gasteiger partial charge in [0.15, 0.2) is 0 Å². The summed E-state index contributed by atoms with van der Waals surface area (Å²) in [5, 5.41) is 3.59. The summed E-state index contributed by atoms with van der Waals surface area (Å²) in [6.45, 7) is 7.60. The largest absolute Gasteiger partial charge is 0.385 e. The molecular weight excluding hydrogens is 310 g/mol. The van der Waals surface area contributed by atoms with E-state index in [1.165, 1.54) is 22.4 Å². The van der Waals surface area contributed by atoms with Gasteiger partial charge in [-0.25, -0.2) is 0 Å². The second kappa shape index (κ2) is 6.94. The Kier molecular flexibility index (Phi) is 5.24. The van der Waals surface area contributed by atoms with Crippen molar-refractivity contribution in [3.63, 3.8) is 0 Å². The van der Waals surface area contributed by atoms with E-state index in [0.29, 0.717) is 5.92 Å². The van der Waals surface area contributed by atoms with Crippen LogP contribution in [0.4, 0.5) is 5.69 Å². The van der Waals surface area contributed by atoms with E-state index in [-0.39, 0.29) is 0 Å². The average Bonchev–Trinajstić information content (AvgIpc) is 2.42. The molecule has 0 spiro atoms. The Morgan fingerprint density at radius 1 is 1.05 bits per heavy atom. The average molecular weight is 332 g/mol. The minimum atomic E-state index is 0.583. The van der Waals surface area contributed by atoms with Gasteiger partial charge in [0.2, 0.25) is 0 Å². The Hall–Kier alpha value is -1.28. The monoisotopic (exact) mass is 331 g/mol. The van der Waals surface area contributed by atoms with Crippen LogP contribution in [0.2, 0.25) is 0 Å². The SMILES string of the molecule is Cc1cc(Br)cc(C)c1NCCC(C)c1ccccc1. The lowest BCUT2D eigenvalue weighted by Gasteiger charge is -2.16. The van der Waals surface area contributed by atoms with Crippen molar-refractivity contribution in [2.75, 3.05) is 11.9 Å². The van der Waals surface area contributed by atoms with Gasteiger partial charge < -0.3 is 5.32 Å². The Balaban J connectivity index is 1.94. The topological polar surface area (TPSA) is 12.0 Å². The van der Waals surface area contributed by atoms with Crippen LogP contribution in [0.1, 0.15) is 36.0 Å².